The molecule has 0 amide bonds. The van der Waals surface area contributed by atoms with Crippen molar-refractivity contribution >= 4 is 15.9 Å². The molecule has 1 aromatic carbocycles. The molecule has 0 unspecified atom stereocenters. The molecule has 0 nitrogen and oxygen atoms in total. The smallest absolute Gasteiger partial charge is 0.127 e. The van der Waals surface area contributed by atoms with Gasteiger partial charge < -0.3 is 0 Å². The highest BCUT2D eigenvalue weighted by Gasteiger charge is 2.00. The first kappa shape index (κ1) is 7.73. The van der Waals surface area contributed by atoms with E-state index < -0.39 is 0 Å². The fourth-order valence-corrected chi connectivity index (χ4v) is 1.32. The summed E-state index contributed by atoms with van der Waals surface area (Å²) in [5.74, 6) is -0.146. The minimum absolute atomic E-state index is 0.146. The SMILES string of the molecule is Cc1cc(F)c(C)c(Br)c1. The molecular formula is C8H8BrF. The highest BCUT2D eigenvalue weighted by Crippen LogP contribution is 2.20. The van der Waals surface area contributed by atoms with Crippen LogP contribution in [0.5, 0.6) is 0 Å². The lowest BCUT2D eigenvalue weighted by Gasteiger charge is -2.00. The first-order valence-electron chi connectivity index (χ1n) is 3.03. The predicted molar refractivity (Wildman–Crippen MR) is 43.6 cm³/mol. The molecule has 0 bridgehead atoms. The predicted octanol–water partition coefficient (Wildman–Crippen LogP) is 3.21. The molecule has 0 spiro atoms. The third-order valence-electron chi connectivity index (χ3n) is 1.43. The quantitative estimate of drug-likeness (QED) is 0.607. The van der Waals surface area contributed by atoms with E-state index in [1.807, 2.05) is 13.0 Å². The van der Waals surface area contributed by atoms with Gasteiger partial charge in [-0.1, -0.05) is 15.9 Å². The molecule has 1 aromatic rings. The van der Waals surface area contributed by atoms with Gasteiger partial charge >= 0.3 is 0 Å². The van der Waals surface area contributed by atoms with Crippen LogP contribution >= 0.6 is 15.9 Å². The molecule has 0 saturated carbocycles. The van der Waals surface area contributed by atoms with Crippen LogP contribution in [0.3, 0.4) is 0 Å². The molecule has 0 aromatic heterocycles. The minimum atomic E-state index is -0.146. The summed E-state index contributed by atoms with van der Waals surface area (Å²) in [4.78, 5) is 0. The Balaban J connectivity index is 3.31. The molecule has 0 fully saturated rings. The van der Waals surface area contributed by atoms with Gasteiger partial charge in [-0.15, -0.1) is 0 Å². The Morgan fingerprint density at radius 3 is 2.40 bits per heavy atom. The van der Waals surface area contributed by atoms with Crippen molar-refractivity contribution in [2.75, 3.05) is 0 Å². The van der Waals surface area contributed by atoms with Crippen LogP contribution in [0.2, 0.25) is 0 Å². The second-order valence-corrected chi connectivity index (χ2v) is 3.21. The maximum absolute atomic E-state index is 12.8. The van der Waals surface area contributed by atoms with Crippen molar-refractivity contribution in [3.8, 4) is 0 Å². The monoisotopic (exact) mass is 202 g/mol. The standard InChI is InChI=1S/C8H8BrF/c1-5-3-7(9)6(2)8(10)4-5/h3-4H,1-2H3. The van der Waals surface area contributed by atoms with E-state index in [1.165, 1.54) is 6.07 Å². The molecular weight excluding hydrogens is 195 g/mol. The van der Waals surface area contributed by atoms with Crippen molar-refractivity contribution in [2.24, 2.45) is 0 Å². The molecule has 0 atom stereocenters. The summed E-state index contributed by atoms with van der Waals surface area (Å²) in [7, 11) is 0. The molecule has 10 heavy (non-hydrogen) atoms. The van der Waals surface area contributed by atoms with E-state index in [9.17, 15) is 4.39 Å². The number of hydrogen-bond acceptors (Lipinski definition) is 0. The molecule has 0 aliphatic heterocycles. The lowest BCUT2D eigenvalue weighted by atomic mass is 10.2. The summed E-state index contributed by atoms with van der Waals surface area (Å²) in [6.45, 7) is 3.62. The second-order valence-electron chi connectivity index (χ2n) is 2.35. The van der Waals surface area contributed by atoms with Crippen molar-refractivity contribution in [3.05, 3.63) is 33.5 Å². The third-order valence-corrected chi connectivity index (χ3v) is 2.25. The van der Waals surface area contributed by atoms with Gasteiger partial charge in [-0.25, -0.2) is 4.39 Å². The number of rotatable bonds is 0. The van der Waals surface area contributed by atoms with Crippen molar-refractivity contribution < 1.29 is 4.39 Å². The van der Waals surface area contributed by atoms with Gasteiger partial charge in [0.2, 0.25) is 0 Å². The summed E-state index contributed by atoms with van der Waals surface area (Å²) in [6, 6.07) is 3.43. The van der Waals surface area contributed by atoms with Gasteiger partial charge in [0.05, 0.1) is 0 Å². The minimum Gasteiger partial charge on any atom is -0.207 e. The molecule has 0 aliphatic carbocycles. The van der Waals surface area contributed by atoms with Crippen LogP contribution in [0.4, 0.5) is 4.39 Å². The maximum atomic E-state index is 12.8. The van der Waals surface area contributed by atoms with Gasteiger partial charge in [0.25, 0.3) is 0 Å². The zero-order valence-electron chi connectivity index (χ0n) is 5.91. The number of halogens is 2. The van der Waals surface area contributed by atoms with Crippen molar-refractivity contribution in [1.29, 1.82) is 0 Å². The third kappa shape index (κ3) is 1.37. The summed E-state index contributed by atoms with van der Waals surface area (Å²) < 4.78 is 13.6. The summed E-state index contributed by atoms with van der Waals surface area (Å²) in [5.41, 5.74) is 1.61. The average Bonchev–Trinajstić information content (AvgIpc) is 1.82. The Morgan fingerprint density at radius 1 is 1.30 bits per heavy atom. The average molecular weight is 203 g/mol. The Labute approximate surface area is 68.2 Å². The van der Waals surface area contributed by atoms with Crippen LogP contribution in [0.25, 0.3) is 0 Å². The maximum Gasteiger partial charge on any atom is 0.127 e. The van der Waals surface area contributed by atoms with Gasteiger partial charge in [-0.05, 0) is 37.1 Å². The highest BCUT2D eigenvalue weighted by atomic mass is 79.9. The zero-order valence-corrected chi connectivity index (χ0v) is 7.50. The van der Waals surface area contributed by atoms with Crippen LogP contribution in [0.15, 0.2) is 16.6 Å². The van der Waals surface area contributed by atoms with Crippen LogP contribution in [-0.2, 0) is 0 Å². The van der Waals surface area contributed by atoms with Crippen molar-refractivity contribution in [3.63, 3.8) is 0 Å². The number of benzene rings is 1. The van der Waals surface area contributed by atoms with E-state index in [0.29, 0.717) is 5.56 Å². The van der Waals surface area contributed by atoms with Gasteiger partial charge in [0, 0.05) is 4.47 Å². The van der Waals surface area contributed by atoms with Crippen LogP contribution in [0, 0.1) is 19.7 Å². The fourth-order valence-electron chi connectivity index (χ4n) is 0.772. The second kappa shape index (κ2) is 2.70. The molecule has 0 heterocycles. The van der Waals surface area contributed by atoms with Crippen molar-refractivity contribution in [2.45, 2.75) is 13.8 Å². The van der Waals surface area contributed by atoms with Gasteiger partial charge in [-0.3, -0.25) is 0 Å². The van der Waals surface area contributed by atoms with Crippen LogP contribution < -0.4 is 0 Å². The number of aryl methyl sites for hydroxylation is 1. The van der Waals surface area contributed by atoms with E-state index in [4.69, 9.17) is 0 Å². The Hall–Kier alpha value is -0.370. The van der Waals surface area contributed by atoms with E-state index in [0.717, 1.165) is 10.0 Å². The van der Waals surface area contributed by atoms with Crippen LogP contribution in [0.1, 0.15) is 11.1 Å². The van der Waals surface area contributed by atoms with Gasteiger partial charge in [-0.2, -0.15) is 0 Å². The highest BCUT2D eigenvalue weighted by molar-refractivity contribution is 9.10. The van der Waals surface area contributed by atoms with Crippen molar-refractivity contribution in [1.82, 2.24) is 0 Å². The molecule has 1 rings (SSSR count). The Kier molecular flexibility index (Phi) is 2.09. The normalized spacial score (nSPS) is 10.0. The molecule has 0 N–H and O–H groups in total. The van der Waals surface area contributed by atoms with E-state index in [2.05, 4.69) is 15.9 Å². The molecule has 0 radical (unpaired) electrons. The lowest BCUT2D eigenvalue weighted by molar-refractivity contribution is 0.616. The Bertz CT molecular complexity index is 232. The largest absolute Gasteiger partial charge is 0.207 e. The fraction of sp³-hybridized carbons (Fsp3) is 0.250. The van der Waals surface area contributed by atoms with Gasteiger partial charge in [0.15, 0.2) is 0 Å². The number of hydrogen-bond donors (Lipinski definition) is 0. The van der Waals surface area contributed by atoms with E-state index >= 15 is 0 Å². The first-order chi connectivity index (χ1) is 4.61. The van der Waals surface area contributed by atoms with Crippen LogP contribution in [-0.4, -0.2) is 0 Å². The molecule has 0 aliphatic rings. The molecule has 54 valence electrons. The lowest BCUT2D eigenvalue weighted by Crippen LogP contribution is -1.84. The zero-order chi connectivity index (χ0) is 7.72. The van der Waals surface area contributed by atoms with E-state index in [1.54, 1.807) is 6.92 Å². The topological polar surface area (TPSA) is 0 Å². The first-order valence-corrected chi connectivity index (χ1v) is 3.83. The summed E-state index contributed by atoms with van der Waals surface area (Å²) in [6.07, 6.45) is 0. The van der Waals surface area contributed by atoms with Gasteiger partial charge in [0.1, 0.15) is 5.82 Å². The molecule has 0 saturated heterocycles. The molecule has 2 heteroatoms. The summed E-state index contributed by atoms with van der Waals surface area (Å²) >= 11 is 3.26. The van der Waals surface area contributed by atoms with E-state index in [-0.39, 0.29) is 5.82 Å². The summed E-state index contributed by atoms with van der Waals surface area (Å²) in [5, 5.41) is 0. The Morgan fingerprint density at radius 2 is 1.90 bits per heavy atom.